The highest BCUT2D eigenvalue weighted by atomic mass is 14.8. The van der Waals surface area contributed by atoms with Crippen molar-refractivity contribution >= 4 is 0 Å². The summed E-state index contributed by atoms with van der Waals surface area (Å²) in [6.45, 7) is 3.26. The van der Waals surface area contributed by atoms with Crippen molar-refractivity contribution in [1.82, 2.24) is 5.32 Å². The van der Waals surface area contributed by atoms with Crippen LogP contribution in [0.4, 0.5) is 0 Å². The number of hydrogen-bond donors (Lipinski definition) is 1. The highest BCUT2D eigenvalue weighted by Gasteiger charge is 1.92. The van der Waals surface area contributed by atoms with Crippen LogP contribution in [-0.4, -0.2) is 13.6 Å². The van der Waals surface area contributed by atoms with Crippen LogP contribution in [0.25, 0.3) is 0 Å². The molecule has 0 radical (unpaired) electrons. The average Bonchev–Trinajstić information content (AvgIpc) is 2.20. The molecule has 1 rings (SSSR count). The van der Waals surface area contributed by atoms with Crippen LogP contribution in [0.2, 0.25) is 0 Å². The second-order valence-electron chi connectivity index (χ2n) is 3.61. The molecule has 0 amide bonds. The van der Waals surface area contributed by atoms with Crippen molar-refractivity contribution in [3.8, 4) is 0 Å². The molecule has 0 unspecified atom stereocenters. The van der Waals surface area contributed by atoms with Gasteiger partial charge in [-0.2, -0.15) is 0 Å². The Morgan fingerprint density at radius 1 is 1.29 bits per heavy atom. The van der Waals surface area contributed by atoms with Gasteiger partial charge in [-0.05, 0) is 38.9 Å². The summed E-state index contributed by atoms with van der Waals surface area (Å²) in [6, 6.07) is 10.6. The van der Waals surface area contributed by atoms with Crippen molar-refractivity contribution in [3.05, 3.63) is 47.5 Å². The normalized spacial score (nSPS) is 11.7. The molecule has 0 aliphatic rings. The first-order chi connectivity index (χ1) is 6.83. The van der Waals surface area contributed by atoms with Crippen molar-refractivity contribution in [1.29, 1.82) is 0 Å². The summed E-state index contributed by atoms with van der Waals surface area (Å²) in [5.74, 6) is 0. The molecule has 0 saturated carbocycles. The van der Waals surface area contributed by atoms with Crippen LogP contribution in [0.5, 0.6) is 0 Å². The summed E-state index contributed by atoms with van der Waals surface area (Å²) >= 11 is 0. The summed E-state index contributed by atoms with van der Waals surface area (Å²) in [6.07, 6.45) is 4.50. The van der Waals surface area contributed by atoms with Gasteiger partial charge in [0.1, 0.15) is 0 Å². The van der Waals surface area contributed by atoms with E-state index in [0.29, 0.717) is 0 Å². The predicted octanol–water partition coefficient (Wildman–Crippen LogP) is 2.78. The van der Waals surface area contributed by atoms with E-state index in [9.17, 15) is 0 Å². The van der Waals surface area contributed by atoms with Crippen LogP contribution in [0.1, 0.15) is 18.9 Å². The summed E-state index contributed by atoms with van der Waals surface area (Å²) in [5.41, 5.74) is 2.84. The lowest BCUT2D eigenvalue weighted by molar-refractivity contribution is 0.803. The SMILES string of the molecule is CNCC/C=C(/C)Cc1ccccc1. The van der Waals surface area contributed by atoms with E-state index >= 15 is 0 Å². The first-order valence-corrected chi connectivity index (χ1v) is 5.17. The minimum absolute atomic E-state index is 1.06. The fraction of sp³-hybridized carbons (Fsp3) is 0.385. The van der Waals surface area contributed by atoms with Crippen LogP contribution in [0, 0.1) is 0 Å². The van der Waals surface area contributed by atoms with E-state index in [1.807, 2.05) is 7.05 Å². The molecule has 76 valence electrons. The highest BCUT2D eigenvalue weighted by molar-refractivity contribution is 5.20. The van der Waals surface area contributed by atoms with Crippen molar-refractivity contribution < 1.29 is 0 Å². The molecule has 1 aromatic carbocycles. The predicted molar refractivity (Wildman–Crippen MR) is 62.4 cm³/mol. The lowest BCUT2D eigenvalue weighted by atomic mass is 10.1. The number of hydrogen-bond acceptors (Lipinski definition) is 1. The summed E-state index contributed by atoms with van der Waals surface area (Å²) in [7, 11) is 1.99. The third kappa shape index (κ3) is 4.24. The number of benzene rings is 1. The molecule has 0 saturated heterocycles. The lowest BCUT2D eigenvalue weighted by Crippen LogP contribution is -2.06. The Morgan fingerprint density at radius 2 is 2.00 bits per heavy atom. The van der Waals surface area contributed by atoms with Crippen molar-refractivity contribution in [2.24, 2.45) is 0 Å². The molecule has 0 fully saturated rings. The summed E-state index contributed by atoms with van der Waals surface area (Å²) < 4.78 is 0. The van der Waals surface area contributed by atoms with E-state index in [1.54, 1.807) is 0 Å². The van der Waals surface area contributed by atoms with Crippen LogP contribution < -0.4 is 5.32 Å². The average molecular weight is 189 g/mol. The summed E-state index contributed by atoms with van der Waals surface area (Å²) in [5, 5.41) is 3.14. The zero-order valence-electron chi connectivity index (χ0n) is 9.09. The lowest BCUT2D eigenvalue weighted by Gasteiger charge is -2.01. The molecule has 1 nitrogen and oxygen atoms in total. The molecule has 1 N–H and O–H groups in total. The van der Waals surface area contributed by atoms with E-state index in [-0.39, 0.29) is 0 Å². The van der Waals surface area contributed by atoms with Crippen LogP contribution in [0.3, 0.4) is 0 Å². The zero-order valence-corrected chi connectivity index (χ0v) is 9.09. The largest absolute Gasteiger partial charge is 0.319 e. The molecular formula is C13H19N. The smallest absolute Gasteiger partial charge is 0.00172 e. The van der Waals surface area contributed by atoms with E-state index in [2.05, 4.69) is 48.6 Å². The van der Waals surface area contributed by atoms with Crippen molar-refractivity contribution in [2.75, 3.05) is 13.6 Å². The van der Waals surface area contributed by atoms with Gasteiger partial charge in [-0.15, -0.1) is 0 Å². The second kappa shape index (κ2) is 6.39. The Balaban J connectivity index is 2.40. The van der Waals surface area contributed by atoms with Gasteiger partial charge in [0.25, 0.3) is 0 Å². The quantitative estimate of drug-likeness (QED) is 0.555. The highest BCUT2D eigenvalue weighted by Crippen LogP contribution is 2.07. The topological polar surface area (TPSA) is 12.0 Å². The third-order valence-electron chi connectivity index (χ3n) is 2.21. The van der Waals surface area contributed by atoms with Gasteiger partial charge in [0.05, 0.1) is 0 Å². The molecular weight excluding hydrogens is 170 g/mol. The maximum atomic E-state index is 3.14. The first-order valence-electron chi connectivity index (χ1n) is 5.17. The summed E-state index contributed by atoms with van der Waals surface area (Å²) in [4.78, 5) is 0. The minimum Gasteiger partial charge on any atom is -0.319 e. The minimum atomic E-state index is 1.06. The molecule has 1 aromatic rings. The Bertz CT molecular complexity index is 275. The monoisotopic (exact) mass is 189 g/mol. The van der Waals surface area contributed by atoms with Crippen molar-refractivity contribution in [2.45, 2.75) is 19.8 Å². The first kappa shape index (κ1) is 11.0. The van der Waals surface area contributed by atoms with Crippen LogP contribution in [0.15, 0.2) is 42.0 Å². The Morgan fingerprint density at radius 3 is 2.64 bits per heavy atom. The van der Waals surface area contributed by atoms with Gasteiger partial charge >= 0.3 is 0 Å². The van der Waals surface area contributed by atoms with Gasteiger partial charge in [0, 0.05) is 0 Å². The fourth-order valence-corrected chi connectivity index (χ4v) is 1.45. The Hall–Kier alpha value is -1.08. The Kier molecular flexibility index (Phi) is 5.02. The third-order valence-corrected chi connectivity index (χ3v) is 2.21. The molecule has 0 aliphatic heterocycles. The van der Waals surface area contributed by atoms with Gasteiger partial charge in [-0.1, -0.05) is 42.0 Å². The standard InChI is InChI=1S/C13H19N/c1-12(7-6-10-14-2)11-13-8-4-3-5-9-13/h3-5,7-9,14H,6,10-11H2,1-2H3/b12-7-. The molecule has 0 spiro atoms. The zero-order chi connectivity index (χ0) is 10.2. The second-order valence-corrected chi connectivity index (χ2v) is 3.61. The molecule has 14 heavy (non-hydrogen) atoms. The van der Waals surface area contributed by atoms with Crippen molar-refractivity contribution in [3.63, 3.8) is 0 Å². The molecule has 0 aliphatic carbocycles. The van der Waals surface area contributed by atoms with Crippen LogP contribution >= 0.6 is 0 Å². The molecule has 0 bridgehead atoms. The van der Waals surface area contributed by atoms with Gasteiger partial charge in [0.2, 0.25) is 0 Å². The van der Waals surface area contributed by atoms with E-state index in [1.165, 1.54) is 11.1 Å². The van der Waals surface area contributed by atoms with E-state index in [0.717, 1.165) is 19.4 Å². The maximum Gasteiger partial charge on any atom is -0.00172 e. The van der Waals surface area contributed by atoms with E-state index < -0.39 is 0 Å². The van der Waals surface area contributed by atoms with Gasteiger partial charge in [0.15, 0.2) is 0 Å². The van der Waals surface area contributed by atoms with Gasteiger partial charge in [-0.25, -0.2) is 0 Å². The maximum absolute atomic E-state index is 3.14. The number of nitrogens with one attached hydrogen (secondary N) is 1. The van der Waals surface area contributed by atoms with Gasteiger partial charge in [-0.3, -0.25) is 0 Å². The molecule has 0 atom stereocenters. The number of rotatable bonds is 5. The molecule has 1 heteroatoms. The van der Waals surface area contributed by atoms with Gasteiger partial charge < -0.3 is 5.32 Å². The van der Waals surface area contributed by atoms with Crippen LogP contribution in [-0.2, 0) is 6.42 Å². The fourth-order valence-electron chi connectivity index (χ4n) is 1.45. The molecule has 0 aromatic heterocycles. The number of allylic oxidation sites excluding steroid dienone is 1. The molecule has 0 heterocycles. The van der Waals surface area contributed by atoms with E-state index in [4.69, 9.17) is 0 Å². The Labute approximate surface area is 86.8 Å².